The molecule has 13 heavy (non-hydrogen) atoms. The fraction of sp³-hybridized carbons (Fsp3) is 0.625. The Morgan fingerprint density at radius 1 is 1.77 bits per heavy atom. The Hall–Kier alpha value is -0.810. The van der Waals surface area contributed by atoms with Gasteiger partial charge in [0, 0.05) is 12.6 Å². The SMILES string of the molecule is CC(O)CCCNc1cc(N)ns1. The van der Waals surface area contributed by atoms with Crippen molar-refractivity contribution in [2.75, 3.05) is 17.6 Å². The highest BCUT2D eigenvalue weighted by molar-refractivity contribution is 7.10. The van der Waals surface area contributed by atoms with E-state index in [4.69, 9.17) is 10.8 Å². The number of nitrogens with zero attached hydrogens (tertiary/aromatic N) is 1. The minimum Gasteiger partial charge on any atom is -0.393 e. The number of aromatic nitrogens is 1. The van der Waals surface area contributed by atoms with Crippen LogP contribution in [0.15, 0.2) is 6.07 Å². The molecule has 0 spiro atoms. The number of rotatable bonds is 5. The van der Waals surface area contributed by atoms with Gasteiger partial charge in [0.25, 0.3) is 0 Å². The van der Waals surface area contributed by atoms with Gasteiger partial charge in [-0.15, -0.1) is 0 Å². The maximum atomic E-state index is 9.00. The van der Waals surface area contributed by atoms with Gasteiger partial charge in [0.05, 0.1) is 6.10 Å². The molecule has 0 amide bonds. The zero-order valence-corrected chi connectivity index (χ0v) is 8.47. The van der Waals surface area contributed by atoms with Crippen LogP contribution in [0.1, 0.15) is 19.8 Å². The molecule has 0 aliphatic carbocycles. The molecule has 4 N–H and O–H groups in total. The molecule has 4 nitrogen and oxygen atoms in total. The topological polar surface area (TPSA) is 71.2 Å². The predicted molar refractivity (Wildman–Crippen MR) is 55.9 cm³/mol. The van der Waals surface area contributed by atoms with Gasteiger partial charge in [-0.25, -0.2) is 0 Å². The van der Waals surface area contributed by atoms with Crippen molar-refractivity contribution in [2.45, 2.75) is 25.9 Å². The number of aliphatic hydroxyl groups is 1. The van der Waals surface area contributed by atoms with Gasteiger partial charge < -0.3 is 16.2 Å². The molecule has 5 heteroatoms. The number of aliphatic hydroxyl groups excluding tert-OH is 1. The molecule has 1 aromatic rings. The van der Waals surface area contributed by atoms with Crippen molar-refractivity contribution in [3.8, 4) is 0 Å². The highest BCUT2D eigenvalue weighted by atomic mass is 32.1. The average molecular weight is 201 g/mol. The highest BCUT2D eigenvalue weighted by Gasteiger charge is 1.98. The monoisotopic (exact) mass is 201 g/mol. The molecule has 0 bridgehead atoms. The minimum atomic E-state index is -0.215. The first kappa shape index (κ1) is 10.3. The lowest BCUT2D eigenvalue weighted by atomic mass is 10.2. The van der Waals surface area contributed by atoms with Crippen LogP contribution in [0.2, 0.25) is 0 Å². The largest absolute Gasteiger partial charge is 0.393 e. The second kappa shape index (κ2) is 5.04. The second-order valence-electron chi connectivity index (χ2n) is 3.03. The van der Waals surface area contributed by atoms with E-state index >= 15 is 0 Å². The van der Waals surface area contributed by atoms with E-state index in [1.54, 1.807) is 6.92 Å². The molecule has 1 aromatic heterocycles. The van der Waals surface area contributed by atoms with Gasteiger partial charge in [0.15, 0.2) is 0 Å². The summed E-state index contributed by atoms with van der Waals surface area (Å²) in [6.07, 6.45) is 1.56. The van der Waals surface area contributed by atoms with Crippen molar-refractivity contribution in [2.24, 2.45) is 0 Å². The van der Waals surface area contributed by atoms with E-state index in [0.717, 1.165) is 24.4 Å². The molecule has 1 heterocycles. The number of nitrogens with one attached hydrogen (secondary N) is 1. The molecule has 1 rings (SSSR count). The van der Waals surface area contributed by atoms with Crippen LogP contribution in [0.25, 0.3) is 0 Å². The van der Waals surface area contributed by atoms with Crippen LogP contribution in [0, 0.1) is 0 Å². The normalized spacial score (nSPS) is 12.8. The molecule has 0 aromatic carbocycles. The Kier molecular flexibility index (Phi) is 3.98. The van der Waals surface area contributed by atoms with Gasteiger partial charge in [0.1, 0.15) is 10.8 Å². The molecule has 1 unspecified atom stereocenters. The van der Waals surface area contributed by atoms with E-state index in [9.17, 15) is 0 Å². The lowest BCUT2D eigenvalue weighted by Crippen LogP contribution is -2.05. The molecular weight excluding hydrogens is 186 g/mol. The maximum Gasteiger partial charge on any atom is 0.139 e. The Morgan fingerprint density at radius 2 is 2.54 bits per heavy atom. The highest BCUT2D eigenvalue weighted by Crippen LogP contribution is 2.17. The van der Waals surface area contributed by atoms with Crippen LogP contribution in [0.5, 0.6) is 0 Å². The summed E-state index contributed by atoms with van der Waals surface area (Å²) < 4.78 is 3.94. The molecule has 0 radical (unpaired) electrons. The molecule has 0 saturated heterocycles. The third kappa shape index (κ3) is 4.10. The van der Waals surface area contributed by atoms with Gasteiger partial charge in [-0.05, 0) is 31.3 Å². The lowest BCUT2D eigenvalue weighted by molar-refractivity contribution is 0.183. The van der Waals surface area contributed by atoms with E-state index in [2.05, 4.69) is 9.69 Å². The Morgan fingerprint density at radius 3 is 3.08 bits per heavy atom. The number of anilines is 2. The lowest BCUT2D eigenvalue weighted by Gasteiger charge is -2.04. The zero-order chi connectivity index (χ0) is 9.68. The summed E-state index contributed by atoms with van der Waals surface area (Å²) in [5, 5.41) is 13.2. The maximum absolute atomic E-state index is 9.00. The average Bonchev–Trinajstić information content (AvgIpc) is 2.45. The Balaban J connectivity index is 2.13. The van der Waals surface area contributed by atoms with Gasteiger partial charge in [0.2, 0.25) is 0 Å². The van der Waals surface area contributed by atoms with Crippen LogP contribution >= 0.6 is 11.5 Å². The third-order valence-electron chi connectivity index (χ3n) is 1.63. The Labute approximate surface area is 81.9 Å². The van der Waals surface area contributed by atoms with Crippen molar-refractivity contribution in [3.63, 3.8) is 0 Å². The number of nitrogens with two attached hydrogens (primary N) is 1. The first-order valence-corrected chi connectivity index (χ1v) is 5.10. The predicted octanol–water partition coefficient (Wildman–Crippen LogP) is 1.30. The number of hydrogen-bond donors (Lipinski definition) is 3. The fourth-order valence-corrected chi connectivity index (χ4v) is 1.58. The van der Waals surface area contributed by atoms with E-state index in [-0.39, 0.29) is 6.10 Å². The van der Waals surface area contributed by atoms with Crippen molar-refractivity contribution < 1.29 is 5.11 Å². The van der Waals surface area contributed by atoms with Gasteiger partial charge in [-0.2, -0.15) is 4.37 Å². The van der Waals surface area contributed by atoms with Crippen LogP contribution in [0.3, 0.4) is 0 Å². The fourth-order valence-electron chi connectivity index (χ4n) is 0.981. The molecule has 0 saturated carbocycles. The van der Waals surface area contributed by atoms with Crippen LogP contribution < -0.4 is 11.1 Å². The molecule has 0 aliphatic heterocycles. The van der Waals surface area contributed by atoms with E-state index in [1.165, 1.54) is 11.5 Å². The Bertz CT molecular complexity index is 249. The number of nitrogen functional groups attached to an aromatic ring is 1. The quantitative estimate of drug-likeness (QED) is 0.628. The second-order valence-corrected chi connectivity index (χ2v) is 3.84. The van der Waals surface area contributed by atoms with Gasteiger partial charge in [-0.1, -0.05) is 0 Å². The molecule has 74 valence electrons. The summed E-state index contributed by atoms with van der Waals surface area (Å²) in [7, 11) is 0. The smallest absolute Gasteiger partial charge is 0.139 e. The molecule has 0 fully saturated rings. The minimum absolute atomic E-state index is 0.215. The molecular formula is C8H15N3OS. The van der Waals surface area contributed by atoms with Crippen molar-refractivity contribution in [1.29, 1.82) is 0 Å². The van der Waals surface area contributed by atoms with E-state index in [1.807, 2.05) is 6.07 Å². The van der Waals surface area contributed by atoms with Crippen molar-refractivity contribution in [3.05, 3.63) is 6.07 Å². The van der Waals surface area contributed by atoms with Gasteiger partial charge in [-0.3, -0.25) is 0 Å². The first-order valence-electron chi connectivity index (χ1n) is 4.32. The summed E-state index contributed by atoms with van der Waals surface area (Å²) in [6, 6.07) is 1.81. The first-order chi connectivity index (χ1) is 6.18. The zero-order valence-electron chi connectivity index (χ0n) is 7.66. The van der Waals surface area contributed by atoms with Crippen LogP contribution in [-0.2, 0) is 0 Å². The summed E-state index contributed by atoms with van der Waals surface area (Å²) in [5.74, 6) is 0.558. The summed E-state index contributed by atoms with van der Waals surface area (Å²) in [5.41, 5.74) is 5.45. The van der Waals surface area contributed by atoms with Gasteiger partial charge >= 0.3 is 0 Å². The summed E-state index contributed by atoms with van der Waals surface area (Å²) in [6.45, 7) is 2.65. The summed E-state index contributed by atoms with van der Waals surface area (Å²) >= 11 is 1.36. The van der Waals surface area contributed by atoms with Crippen LogP contribution in [0.4, 0.5) is 10.8 Å². The summed E-state index contributed by atoms with van der Waals surface area (Å²) in [4.78, 5) is 0. The number of hydrogen-bond acceptors (Lipinski definition) is 5. The van der Waals surface area contributed by atoms with Crippen molar-refractivity contribution >= 4 is 22.4 Å². The van der Waals surface area contributed by atoms with E-state index in [0.29, 0.717) is 5.82 Å². The van der Waals surface area contributed by atoms with Crippen molar-refractivity contribution in [1.82, 2.24) is 4.37 Å². The van der Waals surface area contributed by atoms with E-state index < -0.39 is 0 Å². The molecule has 0 aliphatic rings. The third-order valence-corrected chi connectivity index (χ3v) is 2.39. The standard InChI is InChI=1S/C8H15N3OS/c1-6(12)3-2-4-10-8-5-7(9)11-13-8/h5-6,10,12H,2-4H2,1H3,(H2,9,11). The van der Waals surface area contributed by atoms with Crippen LogP contribution in [-0.4, -0.2) is 22.1 Å². The molecule has 1 atom stereocenters.